The lowest BCUT2D eigenvalue weighted by Crippen LogP contribution is -2.52. The molecule has 1 N–H and O–H groups in total. The molecule has 0 radical (unpaired) electrons. The van der Waals surface area contributed by atoms with Gasteiger partial charge in [0.05, 0.1) is 5.69 Å². The lowest BCUT2D eigenvalue weighted by molar-refractivity contribution is -0.139. The van der Waals surface area contributed by atoms with Gasteiger partial charge in [-0.25, -0.2) is 9.18 Å². The molecule has 4 rings (SSSR count). The molecule has 2 saturated heterocycles. The average molecular weight is 374 g/mol. The Hall–Kier alpha value is -2.64. The van der Waals surface area contributed by atoms with Crippen molar-refractivity contribution < 1.29 is 18.8 Å². The molecule has 0 aromatic heterocycles. The highest BCUT2D eigenvalue weighted by Crippen LogP contribution is 2.42. The molecule has 144 valence electrons. The molecule has 1 aromatic carbocycles. The van der Waals surface area contributed by atoms with Crippen molar-refractivity contribution in [3.05, 3.63) is 30.1 Å². The van der Waals surface area contributed by atoms with E-state index in [1.165, 1.54) is 6.07 Å². The van der Waals surface area contributed by atoms with Crippen molar-refractivity contribution in [2.75, 3.05) is 37.6 Å². The minimum atomic E-state index is -0.874. The third-order valence-electron chi connectivity index (χ3n) is 5.81. The number of hydrogen-bond acceptors (Lipinski definition) is 4. The summed E-state index contributed by atoms with van der Waals surface area (Å²) in [6.07, 6.45) is 1.84. The van der Waals surface area contributed by atoms with Crippen molar-refractivity contribution in [1.29, 1.82) is 0 Å². The topological polar surface area (TPSA) is 73.0 Å². The van der Waals surface area contributed by atoms with Crippen LogP contribution < -0.4 is 10.2 Å². The number of hydrogen-bond donors (Lipinski definition) is 1. The molecule has 1 atom stereocenters. The van der Waals surface area contributed by atoms with Crippen LogP contribution in [0.5, 0.6) is 0 Å². The standard InChI is InChI=1S/C19H23FN4O3/c1-19(13-6-7-13)17(26)24(18(27)21-19)12-16(25)23-10-8-22(9-11-23)15-5-3-2-4-14(15)20/h2-5,13H,6-12H2,1H3,(H,21,27)/t19-/m0/s1. The van der Waals surface area contributed by atoms with Gasteiger partial charge in [0.15, 0.2) is 0 Å². The molecule has 3 fully saturated rings. The number of piperazine rings is 1. The largest absolute Gasteiger partial charge is 0.366 e. The lowest BCUT2D eigenvalue weighted by Gasteiger charge is -2.36. The van der Waals surface area contributed by atoms with Crippen molar-refractivity contribution in [2.24, 2.45) is 5.92 Å². The molecule has 1 aliphatic carbocycles. The Morgan fingerprint density at radius 2 is 1.85 bits per heavy atom. The number of anilines is 1. The fourth-order valence-corrected chi connectivity index (χ4v) is 3.94. The van der Waals surface area contributed by atoms with E-state index in [4.69, 9.17) is 0 Å². The van der Waals surface area contributed by atoms with Crippen molar-refractivity contribution in [3.63, 3.8) is 0 Å². The Labute approximate surface area is 157 Å². The van der Waals surface area contributed by atoms with Gasteiger partial charge in [-0.2, -0.15) is 0 Å². The number of halogens is 1. The molecule has 27 heavy (non-hydrogen) atoms. The van der Waals surface area contributed by atoms with Crippen LogP contribution in [-0.4, -0.2) is 65.9 Å². The predicted octanol–water partition coefficient (Wildman–Crippen LogP) is 1.19. The van der Waals surface area contributed by atoms with Crippen LogP contribution in [0.4, 0.5) is 14.9 Å². The molecular weight excluding hydrogens is 351 g/mol. The van der Waals surface area contributed by atoms with E-state index in [2.05, 4.69) is 5.32 Å². The Balaban J connectivity index is 1.35. The zero-order chi connectivity index (χ0) is 19.2. The van der Waals surface area contributed by atoms with Crippen LogP contribution in [0.3, 0.4) is 0 Å². The summed E-state index contributed by atoms with van der Waals surface area (Å²) < 4.78 is 13.9. The molecule has 2 aliphatic heterocycles. The molecule has 2 heterocycles. The summed E-state index contributed by atoms with van der Waals surface area (Å²) in [5.74, 6) is -0.686. The van der Waals surface area contributed by atoms with Gasteiger partial charge in [0.2, 0.25) is 5.91 Å². The smallest absolute Gasteiger partial charge is 0.325 e. The number of imide groups is 1. The van der Waals surface area contributed by atoms with Crippen LogP contribution in [0.1, 0.15) is 19.8 Å². The highest BCUT2D eigenvalue weighted by molar-refractivity contribution is 6.09. The van der Waals surface area contributed by atoms with Crippen LogP contribution in [0.2, 0.25) is 0 Å². The van der Waals surface area contributed by atoms with Crippen LogP contribution in [0, 0.1) is 11.7 Å². The number of carbonyl (C=O) groups is 3. The van der Waals surface area contributed by atoms with Crippen LogP contribution >= 0.6 is 0 Å². The number of urea groups is 1. The number of nitrogens with zero attached hydrogens (tertiary/aromatic N) is 3. The molecule has 3 aliphatic rings. The summed E-state index contributed by atoms with van der Waals surface area (Å²) in [4.78, 5) is 42.0. The summed E-state index contributed by atoms with van der Waals surface area (Å²) >= 11 is 0. The summed E-state index contributed by atoms with van der Waals surface area (Å²) in [6.45, 7) is 3.36. The average Bonchev–Trinajstić information content (AvgIpc) is 3.48. The minimum Gasteiger partial charge on any atom is -0.366 e. The first-order valence-corrected chi connectivity index (χ1v) is 9.31. The number of para-hydroxylation sites is 1. The van der Waals surface area contributed by atoms with Gasteiger partial charge in [-0.15, -0.1) is 0 Å². The van der Waals surface area contributed by atoms with Gasteiger partial charge in [0, 0.05) is 26.2 Å². The molecule has 8 heteroatoms. The van der Waals surface area contributed by atoms with Crippen LogP contribution in [0.15, 0.2) is 24.3 Å². The maximum atomic E-state index is 13.9. The minimum absolute atomic E-state index is 0.165. The van der Waals surface area contributed by atoms with Gasteiger partial charge in [-0.05, 0) is 37.8 Å². The molecule has 1 aromatic rings. The summed E-state index contributed by atoms with van der Waals surface area (Å²) in [5, 5.41) is 2.75. The monoisotopic (exact) mass is 374 g/mol. The molecule has 1 saturated carbocycles. The van der Waals surface area contributed by atoms with Crippen LogP contribution in [-0.2, 0) is 9.59 Å². The van der Waals surface area contributed by atoms with Gasteiger partial charge < -0.3 is 15.1 Å². The SMILES string of the molecule is C[C@@]1(C2CC2)NC(=O)N(CC(=O)N2CCN(c3ccccc3F)CC2)C1=O. The Morgan fingerprint density at radius 1 is 1.19 bits per heavy atom. The molecular formula is C19H23FN4O3. The fraction of sp³-hybridized carbons (Fsp3) is 0.526. The van der Waals surface area contributed by atoms with E-state index in [-0.39, 0.29) is 30.1 Å². The zero-order valence-electron chi connectivity index (χ0n) is 15.3. The lowest BCUT2D eigenvalue weighted by atomic mass is 9.96. The van der Waals surface area contributed by atoms with E-state index in [1.807, 2.05) is 4.90 Å². The maximum absolute atomic E-state index is 13.9. The van der Waals surface area contributed by atoms with Crippen LogP contribution in [0.25, 0.3) is 0 Å². The highest BCUT2D eigenvalue weighted by atomic mass is 19.1. The number of benzene rings is 1. The first-order valence-electron chi connectivity index (χ1n) is 9.31. The number of rotatable bonds is 4. The quantitative estimate of drug-likeness (QED) is 0.804. The summed E-state index contributed by atoms with van der Waals surface area (Å²) in [6, 6.07) is 6.07. The second kappa shape index (κ2) is 6.51. The number of amides is 4. The molecule has 0 spiro atoms. The normalized spacial score (nSPS) is 25.8. The predicted molar refractivity (Wildman–Crippen MR) is 96.6 cm³/mol. The number of carbonyl (C=O) groups excluding carboxylic acids is 3. The van der Waals surface area contributed by atoms with E-state index in [0.29, 0.717) is 31.9 Å². The molecule has 0 unspecified atom stereocenters. The first kappa shape index (κ1) is 17.8. The maximum Gasteiger partial charge on any atom is 0.325 e. The molecule has 4 amide bonds. The van der Waals surface area contributed by atoms with E-state index in [1.54, 1.807) is 30.0 Å². The van der Waals surface area contributed by atoms with E-state index in [0.717, 1.165) is 17.7 Å². The molecule has 0 bridgehead atoms. The van der Waals surface area contributed by atoms with Gasteiger partial charge in [0.25, 0.3) is 5.91 Å². The second-order valence-electron chi connectivity index (χ2n) is 7.62. The van der Waals surface area contributed by atoms with Crippen molar-refractivity contribution in [2.45, 2.75) is 25.3 Å². The van der Waals surface area contributed by atoms with Gasteiger partial charge in [-0.1, -0.05) is 12.1 Å². The van der Waals surface area contributed by atoms with Gasteiger partial charge >= 0.3 is 6.03 Å². The summed E-state index contributed by atoms with van der Waals surface area (Å²) in [5.41, 5.74) is -0.347. The third kappa shape index (κ3) is 3.13. The highest BCUT2D eigenvalue weighted by Gasteiger charge is 2.56. The Kier molecular flexibility index (Phi) is 4.28. The van der Waals surface area contributed by atoms with E-state index < -0.39 is 11.6 Å². The first-order chi connectivity index (χ1) is 12.9. The third-order valence-corrected chi connectivity index (χ3v) is 5.81. The fourth-order valence-electron chi connectivity index (χ4n) is 3.94. The Morgan fingerprint density at radius 3 is 2.48 bits per heavy atom. The van der Waals surface area contributed by atoms with Crippen molar-refractivity contribution in [3.8, 4) is 0 Å². The van der Waals surface area contributed by atoms with Crippen molar-refractivity contribution in [1.82, 2.24) is 15.1 Å². The molecule has 7 nitrogen and oxygen atoms in total. The van der Waals surface area contributed by atoms with E-state index in [9.17, 15) is 18.8 Å². The van der Waals surface area contributed by atoms with Crippen molar-refractivity contribution >= 4 is 23.5 Å². The van der Waals surface area contributed by atoms with E-state index >= 15 is 0 Å². The Bertz CT molecular complexity index is 789. The summed E-state index contributed by atoms with van der Waals surface area (Å²) in [7, 11) is 0. The van der Waals surface area contributed by atoms with Gasteiger partial charge in [-0.3, -0.25) is 14.5 Å². The second-order valence-corrected chi connectivity index (χ2v) is 7.62. The van der Waals surface area contributed by atoms with Gasteiger partial charge in [0.1, 0.15) is 17.9 Å². The zero-order valence-corrected chi connectivity index (χ0v) is 15.3. The number of nitrogens with one attached hydrogen (secondary N) is 1.